The van der Waals surface area contributed by atoms with Gasteiger partial charge < -0.3 is 9.13 Å². The van der Waals surface area contributed by atoms with Gasteiger partial charge in [-0.3, -0.25) is 0 Å². The van der Waals surface area contributed by atoms with E-state index in [4.69, 9.17) is 15.0 Å². The van der Waals surface area contributed by atoms with Gasteiger partial charge >= 0.3 is 0 Å². The van der Waals surface area contributed by atoms with Gasteiger partial charge in [-0.15, -0.1) is 0 Å². The standard InChI is InChI=1S/C47H27N7/c48-28-32-27-42(33(29-49)26-38(32)47-51-45(30-14-4-1-5-15-30)50-46(52-47)31-16-6-2-7-17-31)54-40-23-13-11-21-37(40)43-41(54)25-24-36-35-20-10-12-22-39(35)53(44(36)43)34-18-8-3-9-19-34/h1-27H. The van der Waals surface area contributed by atoms with Crippen LogP contribution in [0.25, 0.3) is 89.2 Å². The first-order valence-electron chi connectivity index (χ1n) is 17.6. The molecule has 10 rings (SSSR count). The van der Waals surface area contributed by atoms with Gasteiger partial charge in [-0.1, -0.05) is 121 Å². The molecule has 0 aliphatic carbocycles. The van der Waals surface area contributed by atoms with E-state index >= 15 is 0 Å². The lowest BCUT2D eigenvalue weighted by Gasteiger charge is -2.14. The van der Waals surface area contributed by atoms with Crippen LogP contribution in [-0.2, 0) is 0 Å². The first kappa shape index (κ1) is 30.9. The number of fused-ring (bicyclic) bond motifs is 7. The van der Waals surface area contributed by atoms with Crippen LogP contribution in [-0.4, -0.2) is 24.1 Å². The molecule has 0 spiro atoms. The fourth-order valence-electron chi connectivity index (χ4n) is 7.68. The molecule has 3 heterocycles. The number of nitrogens with zero attached hydrogens (tertiary/aromatic N) is 7. The summed E-state index contributed by atoms with van der Waals surface area (Å²) in [5.74, 6) is 1.27. The molecule has 250 valence electrons. The van der Waals surface area contributed by atoms with E-state index in [2.05, 4.69) is 94.1 Å². The molecule has 0 N–H and O–H groups in total. The van der Waals surface area contributed by atoms with E-state index in [1.165, 1.54) is 0 Å². The summed E-state index contributed by atoms with van der Waals surface area (Å²) in [6.07, 6.45) is 0. The second kappa shape index (κ2) is 12.4. The van der Waals surface area contributed by atoms with E-state index in [-0.39, 0.29) is 0 Å². The number of para-hydroxylation sites is 3. The zero-order valence-electron chi connectivity index (χ0n) is 28.7. The van der Waals surface area contributed by atoms with Crippen LogP contribution in [0.2, 0.25) is 0 Å². The van der Waals surface area contributed by atoms with Crippen LogP contribution in [0.5, 0.6) is 0 Å². The number of hydrogen-bond donors (Lipinski definition) is 0. The van der Waals surface area contributed by atoms with Gasteiger partial charge in [-0.05, 0) is 42.5 Å². The summed E-state index contributed by atoms with van der Waals surface area (Å²) in [6, 6.07) is 59.2. The Morgan fingerprint density at radius 2 is 0.963 bits per heavy atom. The van der Waals surface area contributed by atoms with E-state index in [1.807, 2.05) is 78.9 Å². The molecule has 0 unspecified atom stereocenters. The zero-order valence-corrected chi connectivity index (χ0v) is 28.7. The summed E-state index contributed by atoms with van der Waals surface area (Å²) >= 11 is 0. The van der Waals surface area contributed by atoms with Crippen molar-refractivity contribution in [3.63, 3.8) is 0 Å². The molecule has 0 saturated heterocycles. The number of nitriles is 2. The normalized spacial score (nSPS) is 11.3. The molecule has 54 heavy (non-hydrogen) atoms. The lowest BCUT2D eigenvalue weighted by Crippen LogP contribution is -2.04. The van der Waals surface area contributed by atoms with Gasteiger partial charge in [0.25, 0.3) is 0 Å². The minimum Gasteiger partial charge on any atom is -0.309 e. The van der Waals surface area contributed by atoms with Crippen LogP contribution in [0.1, 0.15) is 11.1 Å². The Morgan fingerprint density at radius 3 is 1.59 bits per heavy atom. The minimum atomic E-state index is 0.318. The maximum Gasteiger partial charge on any atom is 0.165 e. The van der Waals surface area contributed by atoms with Crippen molar-refractivity contribution in [3.05, 3.63) is 175 Å². The summed E-state index contributed by atoms with van der Waals surface area (Å²) in [5, 5.41) is 25.9. The predicted molar refractivity (Wildman–Crippen MR) is 214 cm³/mol. The van der Waals surface area contributed by atoms with Crippen molar-refractivity contribution < 1.29 is 0 Å². The van der Waals surface area contributed by atoms with Crippen molar-refractivity contribution in [2.75, 3.05) is 0 Å². The highest BCUT2D eigenvalue weighted by Crippen LogP contribution is 2.43. The van der Waals surface area contributed by atoms with Gasteiger partial charge in [-0.25, -0.2) is 15.0 Å². The Bertz CT molecular complexity index is 3110. The van der Waals surface area contributed by atoms with Crippen LogP contribution in [0.4, 0.5) is 0 Å². The van der Waals surface area contributed by atoms with Crippen molar-refractivity contribution in [3.8, 4) is 57.7 Å². The lowest BCUT2D eigenvalue weighted by atomic mass is 10.0. The smallest absolute Gasteiger partial charge is 0.165 e. The highest BCUT2D eigenvalue weighted by molar-refractivity contribution is 6.26. The molecule has 7 nitrogen and oxygen atoms in total. The second-order valence-corrected chi connectivity index (χ2v) is 13.1. The summed E-state index contributed by atoms with van der Waals surface area (Å²) in [6.45, 7) is 0. The molecule has 10 aromatic rings. The third-order valence-corrected chi connectivity index (χ3v) is 10.0. The fraction of sp³-hybridized carbons (Fsp3) is 0. The molecule has 7 heteroatoms. The molecule has 0 bridgehead atoms. The van der Waals surface area contributed by atoms with Crippen LogP contribution in [0.15, 0.2) is 164 Å². The van der Waals surface area contributed by atoms with Gasteiger partial charge in [0, 0.05) is 43.9 Å². The Hall–Kier alpha value is -7.87. The Labute approximate surface area is 309 Å². The van der Waals surface area contributed by atoms with E-state index < -0.39 is 0 Å². The quantitative estimate of drug-likeness (QED) is 0.179. The molecule has 3 aromatic heterocycles. The maximum atomic E-state index is 10.8. The number of aromatic nitrogens is 5. The zero-order chi connectivity index (χ0) is 36.2. The lowest BCUT2D eigenvalue weighted by molar-refractivity contribution is 1.07. The number of rotatable bonds is 5. The maximum absolute atomic E-state index is 10.8. The molecule has 0 aliphatic rings. The summed E-state index contributed by atoms with van der Waals surface area (Å²) < 4.78 is 4.44. The minimum absolute atomic E-state index is 0.318. The van der Waals surface area contributed by atoms with Gasteiger partial charge in [0.15, 0.2) is 17.5 Å². The first-order valence-corrected chi connectivity index (χ1v) is 17.6. The third kappa shape index (κ3) is 4.77. The number of hydrogen-bond acceptors (Lipinski definition) is 5. The van der Waals surface area contributed by atoms with Crippen molar-refractivity contribution >= 4 is 43.6 Å². The molecule has 0 amide bonds. The molecule has 7 aromatic carbocycles. The van der Waals surface area contributed by atoms with E-state index in [1.54, 1.807) is 12.1 Å². The third-order valence-electron chi connectivity index (χ3n) is 10.0. The highest BCUT2D eigenvalue weighted by Gasteiger charge is 2.24. The topological polar surface area (TPSA) is 96.1 Å². The predicted octanol–water partition coefficient (Wildman–Crippen LogP) is 10.8. The van der Waals surface area contributed by atoms with E-state index in [0.29, 0.717) is 39.9 Å². The van der Waals surface area contributed by atoms with Crippen LogP contribution < -0.4 is 0 Å². The van der Waals surface area contributed by atoms with Gasteiger partial charge in [-0.2, -0.15) is 10.5 Å². The SMILES string of the molecule is N#Cc1cc(-n2c3ccccc3c3c2ccc2c4ccccc4n(-c4ccccc4)c23)c(C#N)cc1-c1nc(-c2ccccc2)nc(-c2ccccc2)n1. The molecule has 0 aliphatic heterocycles. The van der Waals surface area contributed by atoms with Crippen molar-refractivity contribution in [1.82, 2.24) is 24.1 Å². The molecule has 0 radical (unpaired) electrons. The Kier molecular flexibility index (Phi) is 7.11. The molecular weight excluding hydrogens is 663 g/mol. The number of benzene rings is 7. The van der Waals surface area contributed by atoms with Crippen molar-refractivity contribution in [2.24, 2.45) is 0 Å². The highest BCUT2D eigenvalue weighted by atomic mass is 15.0. The van der Waals surface area contributed by atoms with Gasteiger partial charge in [0.2, 0.25) is 0 Å². The van der Waals surface area contributed by atoms with Crippen molar-refractivity contribution in [2.45, 2.75) is 0 Å². The molecule has 0 saturated carbocycles. The van der Waals surface area contributed by atoms with Gasteiger partial charge in [0.1, 0.15) is 6.07 Å². The molecular formula is C47H27N7. The monoisotopic (exact) mass is 689 g/mol. The van der Waals surface area contributed by atoms with Crippen LogP contribution in [0, 0.1) is 22.7 Å². The average Bonchev–Trinajstić information content (AvgIpc) is 3.77. The van der Waals surface area contributed by atoms with E-state index in [0.717, 1.165) is 60.4 Å². The second-order valence-electron chi connectivity index (χ2n) is 13.1. The van der Waals surface area contributed by atoms with Crippen LogP contribution >= 0.6 is 0 Å². The van der Waals surface area contributed by atoms with Crippen molar-refractivity contribution in [1.29, 1.82) is 10.5 Å². The van der Waals surface area contributed by atoms with E-state index in [9.17, 15) is 10.5 Å². The Balaban J connectivity index is 1.26. The molecule has 0 atom stereocenters. The fourth-order valence-corrected chi connectivity index (χ4v) is 7.68. The van der Waals surface area contributed by atoms with Crippen LogP contribution in [0.3, 0.4) is 0 Å². The summed E-state index contributed by atoms with van der Waals surface area (Å²) in [4.78, 5) is 14.6. The van der Waals surface area contributed by atoms with Gasteiger partial charge in [0.05, 0.1) is 45.0 Å². The summed E-state index contributed by atoms with van der Waals surface area (Å²) in [5.41, 5.74) is 8.54. The average molecular weight is 690 g/mol. The first-order chi connectivity index (χ1) is 26.7. The largest absolute Gasteiger partial charge is 0.309 e. The molecule has 0 fully saturated rings. The Morgan fingerprint density at radius 1 is 0.426 bits per heavy atom. The summed E-state index contributed by atoms with van der Waals surface area (Å²) in [7, 11) is 0.